The standard InChI is InChI=1S/C15H21NO/c1-3-11(2)15(17-10-12-7-8-12)13-5-4-6-14(16)9-13/h3-6,9,12,15H,7-8,10,16H2,1-2H3. The molecule has 2 heteroatoms. The van der Waals surface area contributed by atoms with E-state index < -0.39 is 0 Å². The van der Waals surface area contributed by atoms with E-state index in [-0.39, 0.29) is 6.10 Å². The minimum atomic E-state index is 0.0594. The van der Waals surface area contributed by atoms with E-state index in [2.05, 4.69) is 26.0 Å². The third-order valence-electron chi connectivity index (χ3n) is 3.28. The fraction of sp³-hybridized carbons (Fsp3) is 0.467. The Bertz CT molecular complexity index is 407. The van der Waals surface area contributed by atoms with Gasteiger partial charge < -0.3 is 10.5 Å². The summed E-state index contributed by atoms with van der Waals surface area (Å²) in [5.41, 5.74) is 9.03. The number of ether oxygens (including phenoxy) is 1. The number of benzene rings is 1. The average Bonchev–Trinajstić information content (AvgIpc) is 3.13. The molecular weight excluding hydrogens is 210 g/mol. The summed E-state index contributed by atoms with van der Waals surface area (Å²) in [6, 6.07) is 7.99. The molecule has 0 saturated heterocycles. The highest BCUT2D eigenvalue weighted by Crippen LogP contribution is 2.33. The highest BCUT2D eigenvalue weighted by molar-refractivity contribution is 5.42. The van der Waals surface area contributed by atoms with Gasteiger partial charge in [0.1, 0.15) is 6.10 Å². The van der Waals surface area contributed by atoms with Crippen LogP contribution in [0.25, 0.3) is 0 Å². The van der Waals surface area contributed by atoms with Crippen molar-refractivity contribution in [3.63, 3.8) is 0 Å². The van der Waals surface area contributed by atoms with Gasteiger partial charge in [-0.1, -0.05) is 18.2 Å². The maximum atomic E-state index is 6.04. The third-order valence-corrected chi connectivity index (χ3v) is 3.28. The van der Waals surface area contributed by atoms with Gasteiger partial charge in [0, 0.05) is 5.69 Å². The van der Waals surface area contributed by atoms with Crippen molar-refractivity contribution in [1.29, 1.82) is 0 Å². The first kappa shape index (κ1) is 12.2. The molecule has 0 aliphatic heterocycles. The van der Waals surface area contributed by atoms with Crippen LogP contribution in [0.15, 0.2) is 35.9 Å². The maximum Gasteiger partial charge on any atom is 0.103 e. The van der Waals surface area contributed by atoms with Gasteiger partial charge in [-0.3, -0.25) is 0 Å². The molecule has 1 unspecified atom stereocenters. The summed E-state index contributed by atoms with van der Waals surface area (Å²) in [6.45, 7) is 5.03. The van der Waals surface area contributed by atoms with Gasteiger partial charge in [0.25, 0.3) is 0 Å². The molecule has 1 saturated carbocycles. The largest absolute Gasteiger partial charge is 0.399 e. The summed E-state index contributed by atoms with van der Waals surface area (Å²) >= 11 is 0. The Labute approximate surface area is 103 Å². The molecule has 0 bridgehead atoms. The molecule has 92 valence electrons. The predicted molar refractivity (Wildman–Crippen MR) is 71.7 cm³/mol. The molecule has 0 amide bonds. The Balaban J connectivity index is 2.13. The molecule has 1 aromatic rings. The van der Waals surface area contributed by atoms with Gasteiger partial charge in [0.2, 0.25) is 0 Å². The topological polar surface area (TPSA) is 35.2 Å². The number of hydrogen-bond donors (Lipinski definition) is 1. The van der Waals surface area contributed by atoms with E-state index in [0.29, 0.717) is 0 Å². The van der Waals surface area contributed by atoms with E-state index in [1.807, 2.05) is 18.2 Å². The van der Waals surface area contributed by atoms with Crippen LogP contribution < -0.4 is 5.73 Å². The van der Waals surface area contributed by atoms with Crippen LogP contribution in [0, 0.1) is 5.92 Å². The van der Waals surface area contributed by atoms with Crippen molar-refractivity contribution < 1.29 is 4.74 Å². The molecular formula is C15H21NO. The molecule has 2 rings (SSSR count). The average molecular weight is 231 g/mol. The summed E-state index contributed by atoms with van der Waals surface area (Å²) in [4.78, 5) is 0. The summed E-state index contributed by atoms with van der Waals surface area (Å²) in [5, 5.41) is 0. The lowest BCUT2D eigenvalue weighted by Crippen LogP contribution is -2.08. The number of allylic oxidation sites excluding steroid dienone is 1. The molecule has 1 atom stereocenters. The van der Waals surface area contributed by atoms with Gasteiger partial charge in [-0.05, 0) is 55.9 Å². The molecule has 1 aliphatic carbocycles. The quantitative estimate of drug-likeness (QED) is 0.619. The van der Waals surface area contributed by atoms with Crippen LogP contribution in [0.2, 0.25) is 0 Å². The van der Waals surface area contributed by atoms with Crippen molar-refractivity contribution >= 4 is 5.69 Å². The second-order valence-electron chi connectivity index (χ2n) is 4.86. The van der Waals surface area contributed by atoms with Crippen LogP contribution >= 0.6 is 0 Å². The minimum Gasteiger partial charge on any atom is -0.399 e. The Hall–Kier alpha value is -1.28. The highest BCUT2D eigenvalue weighted by Gasteiger charge is 2.24. The molecule has 1 aromatic carbocycles. The molecule has 1 aliphatic rings. The Morgan fingerprint density at radius 1 is 1.53 bits per heavy atom. The van der Waals surface area contributed by atoms with Crippen molar-refractivity contribution in [2.75, 3.05) is 12.3 Å². The summed E-state index contributed by atoms with van der Waals surface area (Å²) in [6.07, 6.45) is 4.81. The van der Waals surface area contributed by atoms with E-state index in [9.17, 15) is 0 Å². The van der Waals surface area contributed by atoms with Crippen molar-refractivity contribution in [3.05, 3.63) is 41.5 Å². The Kier molecular flexibility index (Phi) is 3.85. The molecule has 17 heavy (non-hydrogen) atoms. The second-order valence-corrected chi connectivity index (χ2v) is 4.86. The number of hydrogen-bond acceptors (Lipinski definition) is 2. The number of nitrogens with two attached hydrogens (primary N) is 1. The van der Waals surface area contributed by atoms with Crippen LogP contribution in [0.1, 0.15) is 38.4 Å². The van der Waals surface area contributed by atoms with Crippen LogP contribution in [0.3, 0.4) is 0 Å². The molecule has 0 radical (unpaired) electrons. The Morgan fingerprint density at radius 2 is 2.29 bits per heavy atom. The summed E-state index contributed by atoms with van der Waals surface area (Å²) < 4.78 is 6.04. The van der Waals surface area contributed by atoms with Gasteiger partial charge >= 0.3 is 0 Å². The van der Waals surface area contributed by atoms with E-state index in [1.165, 1.54) is 18.4 Å². The first-order valence-electron chi connectivity index (χ1n) is 6.30. The van der Waals surface area contributed by atoms with Crippen LogP contribution in [-0.2, 0) is 4.74 Å². The summed E-state index contributed by atoms with van der Waals surface area (Å²) in [5.74, 6) is 0.781. The second kappa shape index (κ2) is 5.37. The van der Waals surface area contributed by atoms with Gasteiger partial charge in [0.15, 0.2) is 0 Å². The fourth-order valence-corrected chi connectivity index (χ4v) is 1.88. The number of nitrogen functional groups attached to an aromatic ring is 1. The lowest BCUT2D eigenvalue weighted by molar-refractivity contribution is 0.0691. The normalized spacial score (nSPS) is 18.1. The lowest BCUT2D eigenvalue weighted by atomic mass is 10.0. The van der Waals surface area contributed by atoms with Crippen LogP contribution in [0.5, 0.6) is 0 Å². The molecule has 1 fully saturated rings. The molecule has 2 N–H and O–H groups in total. The van der Waals surface area contributed by atoms with Crippen molar-refractivity contribution in [1.82, 2.24) is 0 Å². The van der Waals surface area contributed by atoms with E-state index in [4.69, 9.17) is 10.5 Å². The maximum absolute atomic E-state index is 6.04. The molecule has 0 heterocycles. The molecule has 0 aromatic heterocycles. The molecule has 0 spiro atoms. The monoisotopic (exact) mass is 231 g/mol. The zero-order valence-corrected chi connectivity index (χ0v) is 10.6. The first-order chi connectivity index (χ1) is 8.20. The van der Waals surface area contributed by atoms with E-state index in [1.54, 1.807) is 0 Å². The summed E-state index contributed by atoms with van der Waals surface area (Å²) in [7, 11) is 0. The minimum absolute atomic E-state index is 0.0594. The van der Waals surface area contributed by atoms with Gasteiger partial charge in [0.05, 0.1) is 6.61 Å². The Morgan fingerprint density at radius 3 is 2.88 bits per heavy atom. The van der Waals surface area contributed by atoms with E-state index >= 15 is 0 Å². The molecule has 2 nitrogen and oxygen atoms in total. The first-order valence-corrected chi connectivity index (χ1v) is 6.30. The van der Waals surface area contributed by atoms with Crippen LogP contribution in [-0.4, -0.2) is 6.61 Å². The van der Waals surface area contributed by atoms with Crippen molar-refractivity contribution in [2.24, 2.45) is 5.92 Å². The van der Waals surface area contributed by atoms with E-state index in [0.717, 1.165) is 23.8 Å². The van der Waals surface area contributed by atoms with Gasteiger partial charge in [-0.25, -0.2) is 0 Å². The third kappa shape index (κ3) is 3.34. The predicted octanol–water partition coefficient (Wildman–Crippen LogP) is 3.70. The zero-order chi connectivity index (χ0) is 12.3. The number of anilines is 1. The van der Waals surface area contributed by atoms with Crippen LogP contribution in [0.4, 0.5) is 5.69 Å². The van der Waals surface area contributed by atoms with Gasteiger partial charge in [-0.2, -0.15) is 0 Å². The SMILES string of the molecule is CC=C(C)C(OCC1CC1)c1cccc(N)c1. The lowest BCUT2D eigenvalue weighted by Gasteiger charge is -2.19. The fourth-order valence-electron chi connectivity index (χ4n) is 1.88. The zero-order valence-electron chi connectivity index (χ0n) is 10.6. The smallest absolute Gasteiger partial charge is 0.103 e. The van der Waals surface area contributed by atoms with Crippen molar-refractivity contribution in [3.8, 4) is 0 Å². The highest BCUT2D eigenvalue weighted by atomic mass is 16.5. The van der Waals surface area contributed by atoms with Gasteiger partial charge in [-0.15, -0.1) is 0 Å². The van der Waals surface area contributed by atoms with Crippen molar-refractivity contribution in [2.45, 2.75) is 32.8 Å². The number of rotatable bonds is 5.